The van der Waals surface area contributed by atoms with Crippen molar-refractivity contribution in [1.29, 1.82) is 0 Å². The summed E-state index contributed by atoms with van der Waals surface area (Å²) < 4.78 is 141. The molecule has 0 aromatic rings. The van der Waals surface area contributed by atoms with Gasteiger partial charge < -0.3 is 10.2 Å². The van der Waals surface area contributed by atoms with E-state index in [4.69, 9.17) is 10.2 Å². The van der Waals surface area contributed by atoms with Gasteiger partial charge in [0, 0.05) is 0 Å². The Morgan fingerprint density at radius 1 is 0.458 bits per heavy atom. The molecule has 0 aliphatic rings. The Morgan fingerprint density at radius 2 is 0.583 bits per heavy atom. The largest absolute Gasteiger partial charge is 0.405 e. The van der Waals surface area contributed by atoms with E-state index in [0.717, 1.165) is 0 Å². The number of alkyl halides is 12. The highest BCUT2D eigenvalue weighted by Crippen LogP contribution is 2.50. The van der Waals surface area contributed by atoms with Crippen molar-refractivity contribution in [3.05, 3.63) is 0 Å². The van der Waals surface area contributed by atoms with Crippen LogP contribution in [0.15, 0.2) is 0 Å². The van der Waals surface area contributed by atoms with Crippen molar-refractivity contribution in [2.45, 2.75) is 38.6 Å². The highest BCUT2D eigenvalue weighted by molar-refractivity contribution is 4.89. The molecule has 2 nitrogen and oxygen atoms in total. The number of rotatable bonds is 2. The lowest BCUT2D eigenvalue weighted by molar-refractivity contribution is -0.343. The van der Waals surface area contributed by atoms with E-state index >= 15 is 0 Å². The van der Waals surface area contributed by atoms with Gasteiger partial charge in [-0.2, -0.15) is 52.7 Å². The van der Waals surface area contributed by atoms with Crippen LogP contribution in [0, 0.1) is 10.8 Å². The van der Waals surface area contributed by atoms with Gasteiger partial charge >= 0.3 is 24.7 Å². The molecule has 0 unspecified atom stereocenters. The molecular weight excluding hydrogens is 380 g/mol. The van der Waals surface area contributed by atoms with Crippen molar-refractivity contribution in [1.82, 2.24) is 0 Å². The molecule has 148 valence electrons. The molecule has 0 aliphatic carbocycles. The molecule has 0 radical (unpaired) electrons. The maximum absolute atomic E-state index is 11.7. The van der Waals surface area contributed by atoms with Gasteiger partial charge in [0.1, 0.15) is 0 Å². The standard InChI is InChI=1S/2C5H6F6O/c2*1-3(2-12,4(6,7)8)5(9,10)11/h2*12H,2H2,1H3. The lowest BCUT2D eigenvalue weighted by atomic mass is 9.90. The smallest absolute Gasteiger partial charge is 0.395 e. The maximum atomic E-state index is 11.7. The summed E-state index contributed by atoms with van der Waals surface area (Å²) in [5, 5.41) is 16.0. The second-order valence-electron chi connectivity index (χ2n) is 4.97. The minimum absolute atomic E-state index is 0.0903. The van der Waals surface area contributed by atoms with Crippen molar-refractivity contribution in [3.8, 4) is 0 Å². The first-order valence-corrected chi connectivity index (χ1v) is 5.61. The molecule has 2 N–H and O–H groups in total. The van der Waals surface area contributed by atoms with Crippen LogP contribution in [0.4, 0.5) is 52.7 Å². The number of aliphatic hydroxyl groups is 2. The molecule has 0 aromatic carbocycles. The van der Waals surface area contributed by atoms with Crippen LogP contribution in [0.3, 0.4) is 0 Å². The third-order valence-corrected chi connectivity index (χ3v) is 3.14. The van der Waals surface area contributed by atoms with E-state index in [9.17, 15) is 52.7 Å². The van der Waals surface area contributed by atoms with Crippen molar-refractivity contribution >= 4 is 0 Å². The highest BCUT2D eigenvalue weighted by atomic mass is 19.4. The molecule has 0 spiro atoms. The van der Waals surface area contributed by atoms with Gasteiger partial charge in [-0.15, -0.1) is 0 Å². The van der Waals surface area contributed by atoms with Crippen LogP contribution < -0.4 is 0 Å². The van der Waals surface area contributed by atoms with E-state index in [1.165, 1.54) is 0 Å². The molecule has 0 rings (SSSR count). The van der Waals surface area contributed by atoms with Crippen LogP contribution in [0.1, 0.15) is 13.8 Å². The topological polar surface area (TPSA) is 40.5 Å². The minimum Gasteiger partial charge on any atom is -0.395 e. The zero-order valence-electron chi connectivity index (χ0n) is 11.8. The lowest BCUT2D eigenvalue weighted by Gasteiger charge is -2.31. The summed E-state index contributed by atoms with van der Waals surface area (Å²) in [6.07, 6.45) is -21.9. The first-order chi connectivity index (χ1) is 10.1. The van der Waals surface area contributed by atoms with Gasteiger partial charge in [-0.25, -0.2) is 0 Å². The molecule has 0 fully saturated rings. The average molecular weight is 392 g/mol. The van der Waals surface area contributed by atoms with E-state index in [1.54, 1.807) is 0 Å². The molecule has 0 saturated carbocycles. The van der Waals surface area contributed by atoms with Crippen LogP contribution in [-0.4, -0.2) is 48.1 Å². The Balaban J connectivity index is 0. The van der Waals surface area contributed by atoms with Gasteiger partial charge in [-0.3, -0.25) is 0 Å². The van der Waals surface area contributed by atoms with Gasteiger partial charge in [-0.1, -0.05) is 0 Å². The molecule has 0 aromatic heterocycles. The fraction of sp³-hybridized carbons (Fsp3) is 1.00. The number of hydrogen-bond donors (Lipinski definition) is 2. The van der Waals surface area contributed by atoms with Gasteiger partial charge in [0.05, 0.1) is 13.2 Å². The molecule has 0 amide bonds. The number of aliphatic hydroxyl groups excluding tert-OH is 2. The van der Waals surface area contributed by atoms with Gasteiger partial charge in [0.15, 0.2) is 10.8 Å². The zero-order valence-corrected chi connectivity index (χ0v) is 11.8. The van der Waals surface area contributed by atoms with Gasteiger partial charge in [-0.05, 0) is 13.8 Å². The Labute approximate surface area is 127 Å². The van der Waals surface area contributed by atoms with E-state index in [0.29, 0.717) is 0 Å². The Morgan fingerprint density at radius 3 is 0.583 bits per heavy atom. The minimum atomic E-state index is -5.49. The van der Waals surface area contributed by atoms with E-state index in [-0.39, 0.29) is 13.8 Å². The fourth-order valence-electron chi connectivity index (χ4n) is 0.680. The summed E-state index contributed by atoms with van der Waals surface area (Å²) in [7, 11) is 0. The molecule has 14 heteroatoms. The zero-order chi connectivity index (χ0) is 20.4. The fourth-order valence-corrected chi connectivity index (χ4v) is 0.680. The average Bonchev–Trinajstić information content (AvgIpc) is 2.31. The predicted octanol–water partition coefficient (Wildman–Crippen LogP) is 4.22. The molecule has 0 atom stereocenters. The van der Waals surface area contributed by atoms with E-state index < -0.39 is 48.7 Å². The van der Waals surface area contributed by atoms with E-state index in [2.05, 4.69) is 0 Å². The second kappa shape index (κ2) is 7.14. The molecule has 0 heterocycles. The van der Waals surface area contributed by atoms with Crippen LogP contribution >= 0.6 is 0 Å². The summed E-state index contributed by atoms with van der Waals surface area (Å²) in [4.78, 5) is 0. The van der Waals surface area contributed by atoms with Crippen molar-refractivity contribution < 1.29 is 62.9 Å². The van der Waals surface area contributed by atoms with Gasteiger partial charge in [0.2, 0.25) is 0 Å². The first kappa shape index (κ1) is 25.3. The van der Waals surface area contributed by atoms with Crippen LogP contribution in [0.2, 0.25) is 0 Å². The third kappa shape index (κ3) is 5.04. The molecule has 24 heavy (non-hydrogen) atoms. The Kier molecular flexibility index (Phi) is 7.53. The number of halogens is 12. The third-order valence-electron chi connectivity index (χ3n) is 3.14. The summed E-state index contributed by atoms with van der Waals surface area (Å²) >= 11 is 0. The first-order valence-electron chi connectivity index (χ1n) is 5.61. The SMILES string of the molecule is CC(CO)(C(F)(F)F)C(F)(F)F.CC(CO)(C(F)(F)F)C(F)(F)F. The van der Waals surface area contributed by atoms with Crippen LogP contribution in [0.25, 0.3) is 0 Å². The summed E-state index contributed by atoms with van der Waals surface area (Å²) in [5.41, 5.74) is -8.06. The van der Waals surface area contributed by atoms with Crippen LogP contribution in [-0.2, 0) is 0 Å². The van der Waals surface area contributed by atoms with Crippen molar-refractivity contribution in [3.63, 3.8) is 0 Å². The van der Waals surface area contributed by atoms with Gasteiger partial charge in [0.25, 0.3) is 0 Å². The van der Waals surface area contributed by atoms with Crippen molar-refractivity contribution in [2.24, 2.45) is 10.8 Å². The summed E-state index contributed by atoms with van der Waals surface area (Å²) in [5.74, 6) is 0. The van der Waals surface area contributed by atoms with Crippen molar-refractivity contribution in [2.75, 3.05) is 13.2 Å². The Hall–Kier alpha value is -0.920. The number of hydrogen-bond acceptors (Lipinski definition) is 2. The second-order valence-corrected chi connectivity index (χ2v) is 4.97. The highest BCUT2D eigenvalue weighted by Gasteiger charge is 2.68. The maximum Gasteiger partial charge on any atom is 0.405 e. The summed E-state index contributed by atoms with van der Waals surface area (Å²) in [6.45, 7) is -4.18. The van der Waals surface area contributed by atoms with Crippen LogP contribution in [0.5, 0.6) is 0 Å². The molecular formula is C10H12F12O2. The molecule has 0 bridgehead atoms. The predicted molar refractivity (Wildman–Crippen MR) is 54.6 cm³/mol. The summed E-state index contributed by atoms with van der Waals surface area (Å²) in [6, 6.07) is 0. The molecule has 0 aliphatic heterocycles. The Bertz CT molecular complexity index is 323. The normalized spacial score (nSPS) is 15.0. The quantitative estimate of drug-likeness (QED) is 0.691. The van der Waals surface area contributed by atoms with E-state index in [1.807, 2.05) is 0 Å². The molecule has 0 saturated heterocycles. The lowest BCUT2D eigenvalue weighted by Crippen LogP contribution is -2.50. The monoisotopic (exact) mass is 392 g/mol.